The van der Waals surface area contributed by atoms with Crippen LogP contribution < -0.4 is 10.2 Å². The van der Waals surface area contributed by atoms with Crippen LogP contribution in [0, 0.1) is 6.92 Å². The molecule has 0 unspecified atom stereocenters. The van der Waals surface area contributed by atoms with Gasteiger partial charge in [0.05, 0.1) is 17.9 Å². The standard InChI is InChI=1S/C14H23N3OS/c1-10-12(8-15-11-4-5-11)19-13(16-10)17-6-7-18-14(2,3)9-17/h11,15H,4-9H2,1-3H3. The summed E-state index contributed by atoms with van der Waals surface area (Å²) in [6.07, 6.45) is 2.67. The first-order valence-corrected chi connectivity index (χ1v) is 7.94. The Kier molecular flexibility index (Phi) is 3.53. The number of morpholine rings is 1. The maximum atomic E-state index is 5.76. The van der Waals surface area contributed by atoms with Crippen molar-refractivity contribution in [3.05, 3.63) is 10.6 Å². The Labute approximate surface area is 119 Å². The van der Waals surface area contributed by atoms with Crippen molar-refractivity contribution in [3.63, 3.8) is 0 Å². The molecular weight excluding hydrogens is 258 g/mol. The lowest BCUT2D eigenvalue weighted by atomic mass is 10.1. The molecule has 0 atom stereocenters. The van der Waals surface area contributed by atoms with Crippen molar-refractivity contribution >= 4 is 16.5 Å². The molecule has 2 heterocycles. The van der Waals surface area contributed by atoms with Gasteiger partial charge in [-0.05, 0) is 33.6 Å². The van der Waals surface area contributed by atoms with E-state index in [0.717, 1.165) is 37.4 Å². The van der Waals surface area contributed by atoms with E-state index >= 15 is 0 Å². The Morgan fingerprint density at radius 3 is 2.95 bits per heavy atom. The third kappa shape index (κ3) is 3.27. The molecule has 2 aliphatic rings. The molecule has 1 aromatic heterocycles. The van der Waals surface area contributed by atoms with Crippen LogP contribution in [0.4, 0.5) is 5.13 Å². The molecule has 3 rings (SSSR count). The minimum Gasteiger partial charge on any atom is -0.372 e. The highest BCUT2D eigenvalue weighted by atomic mass is 32.1. The fourth-order valence-electron chi connectivity index (χ4n) is 2.42. The van der Waals surface area contributed by atoms with E-state index in [1.807, 2.05) is 11.3 Å². The molecule has 1 aromatic rings. The van der Waals surface area contributed by atoms with Gasteiger partial charge in [-0.15, -0.1) is 11.3 Å². The van der Waals surface area contributed by atoms with Gasteiger partial charge >= 0.3 is 0 Å². The highest BCUT2D eigenvalue weighted by Gasteiger charge is 2.29. The summed E-state index contributed by atoms with van der Waals surface area (Å²) >= 11 is 1.83. The van der Waals surface area contributed by atoms with Crippen molar-refractivity contribution in [2.45, 2.75) is 51.8 Å². The number of hydrogen-bond donors (Lipinski definition) is 1. The lowest BCUT2D eigenvalue weighted by Crippen LogP contribution is -2.48. The summed E-state index contributed by atoms with van der Waals surface area (Å²) in [5, 5.41) is 4.73. The van der Waals surface area contributed by atoms with Crippen LogP contribution in [0.3, 0.4) is 0 Å². The van der Waals surface area contributed by atoms with E-state index in [0.29, 0.717) is 0 Å². The Morgan fingerprint density at radius 2 is 2.26 bits per heavy atom. The fraction of sp³-hybridized carbons (Fsp3) is 0.786. The zero-order valence-electron chi connectivity index (χ0n) is 12.0. The molecule has 0 aromatic carbocycles. The molecule has 106 valence electrons. The Hall–Kier alpha value is -0.650. The Balaban J connectivity index is 1.68. The van der Waals surface area contributed by atoms with Crippen LogP contribution in [-0.2, 0) is 11.3 Å². The molecule has 1 N–H and O–H groups in total. The lowest BCUT2D eigenvalue weighted by Gasteiger charge is -2.38. The van der Waals surface area contributed by atoms with E-state index in [-0.39, 0.29) is 5.60 Å². The monoisotopic (exact) mass is 281 g/mol. The molecule has 1 saturated heterocycles. The van der Waals surface area contributed by atoms with Crippen LogP contribution >= 0.6 is 11.3 Å². The lowest BCUT2D eigenvalue weighted by molar-refractivity contribution is -0.0277. The molecule has 0 spiro atoms. The topological polar surface area (TPSA) is 37.4 Å². The average molecular weight is 281 g/mol. The molecule has 1 aliphatic carbocycles. The molecule has 0 bridgehead atoms. The average Bonchev–Trinajstić information content (AvgIpc) is 3.09. The third-order valence-corrected chi connectivity index (χ3v) is 4.92. The zero-order chi connectivity index (χ0) is 13.5. The number of hydrogen-bond acceptors (Lipinski definition) is 5. The van der Waals surface area contributed by atoms with Crippen molar-refractivity contribution in [1.82, 2.24) is 10.3 Å². The molecular formula is C14H23N3OS. The number of anilines is 1. The van der Waals surface area contributed by atoms with Crippen LogP contribution in [0.15, 0.2) is 0 Å². The minimum atomic E-state index is -0.0652. The number of nitrogens with one attached hydrogen (secondary N) is 1. The summed E-state index contributed by atoms with van der Waals surface area (Å²) in [6, 6.07) is 0.757. The maximum absolute atomic E-state index is 5.76. The van der Waals surface area contributed by atoms with Crippen molar-refractivity contribution in [1.29, 1.82) is 0 Å². The number of aromatic nitrogens is 1. The van der Waals surface area contributed by atoms with Crippen molar-refractivity contribution in [2.75, 3.05) is 24.6 Å². The van der Waals surface area contributed by atoms with Crippen LogP contribution in [0.2, 0.25) is 0 Å². The van der Waals surface area contributed by atoms with Crippen LogP contribution in [0.5, 0.6) is 0 Å². The van der Waals surface area contributed by atoms with Gasteiger partial charge in [-0.3, -0.25) is 0 Å². The van der Waals surface area contributed by atoms with E-state index in [1.165, 1.54) is 23.4 Å². The van der Waals surface area contributed by atoms with E-state index in [2.05, 4.69) is 31.0 Å². The van der Waals surface area contributed by atoms with Gasteiger partial charge in [0.2, 0.25) is 0 Å². The Bertz CT molecular complexity index is 454. The summed E-state index contributed by atoms with van der Waals surface area (Å²) in [4.78, 5) is 8.49. The van der Waals surface area contributed by atoms with Crippen molar-refractivity contribution in [2.24, 2.45) is 0 Å². The summed E-state index contributed by atoms with van der Waals surface area (Å²) in [6.45, 7) is 10.1. The van der Waals surface area contributed by atoms with Gasteiger partial charge in [-0.1, -0.05) is 0 Å². The Morgan fingerprint density at radius 1 is 1.47 bits per heavy atom. The first kappa shape index (κ1) is 13.3. The largest absolute Gasteiger partial charge is 0.372 e. The maximum Gasteiger partial charge on any atom is 0.185 e. The molecule has 0 radical (unpaired) electrons. The zero-order valence-corrected chi connectivity index (χ0v) is 12.8. The van der Waals surface area contributed by atoms with Gasteiger partial charge in [-0.25, -0.2) is 4.98 Å². The van der Waals surface area contributed by atoms with Gasteiger partial charge in [0.25, 0.3) is 0 Å². The van der Waals surface area contributed by atoms with Gasteiger partial charge < -0.3 is 15.0 Å². The highest BCUT2D eigenvalue weighted by molar-refractivity contribution is 7.15. The molecule has 19 heavy (non-hydrogen) atoms. The molecule has 2 fully saturated rings. The minimum absolute atomic E-state index is 0.0652. The highest BCUT2D eigenvalue weighted by Crippen LogP contribution is 2.30. The quantitative estimate of drug-likeness (QED) is 0.919. The SMILES string of the molecule is Cc1nc(N2CCOC(C)(C)C2)sc1CNC1CC1. The van der Waals surface area contributed by atoms with Gasteiger partial charge in [0.15, 0.2) is 5.13 Å². The summed E-state index contributed by atoms with van der Waals surface area (Å²) < 4.78 is 5.76. The second-order valence-electron chi connectivity index (χ2n) is 6.19. The van der Waals surface area contributed by atoms with Crippen LogP contribution in [-0.4, -0.2) is 36.3 Å². The van der Waals surface area contributed by atoms with Crippen molar-refractivity contribution < 1.29 is 4.74 Å². The molecule has 1 saturated carbocycles. The van der Waals surface area contributed by atoms with E-state index in [9.17, 15) is 0 Å². The summed E-state index contributed by atoms with van der Waals surface area (Å²) in [5.41, 5.74) is 1.11. The summed E-state index contributed by atoms with van der Waals surface area (Å²) in [5.74, 6) is 0. The molecule has 0 amide bonds. The molecule has 1 aliphatic heterocycles. The second-order valence-corrected chi connectivity index (χ2v) is 7.25. The number of nitrogens with zero attached hydrogens (tertiary/aromatic N) is 2. The number of aryl methyl sites for hydroxylation is 1. The predicted molar refractivity (Wildman–Crippen MR) is 79.0 cm³/mol. The number of thiazole rings is 1. The third-order valence-electron chi connectivity index (χ3n) is 3.71. The van der Waals surface area contributed by atoms with Crippen molar-refractivity contribution in [3.8, 4) is 0 Å². The smallest absolute Gasteiger partial charge is 0.185 e. The van der Waals surface area contributed by atoms with Gasteiger partial charge in [0, 0.05) is 30.6 Å². The van der Waals surface area contributed by atoms with E-state index < -0.39 is 0 Å². The fourth-order valence-corrected chi connectivity index (χ4v) is 3.45. The summed E-state index contributed by atoms with van der Waals surface area (Å²) in [7, 11) is 0. The van der Waals surface area contributed by atoms with Crippen LogP contribution in [0.25, 0.3) is 0 Å². The predicted octanol–water partition coefficient (Wildman–Crippen LogP) is 2.32. The number of ether oxygens (including phenoxy) is 1. The first-order valence-electron chi connectivity index (χ1n) is 7.12. The second kappa shape index (κ2) is 5.04. The van der Waals surface area contributed by atoms with E-state index in [4.69, 9.17) is 9.72 Å². The number of rotatable bonds is 4. The normalized spacial score (nSPS) is 22.8. The van der Waals surface area contributed by atoms with Gasteiger partial charge in [0.1, 0.15) is 0 Å². The molecule has 4 nitrogen and oxygen atoms in total. The van der Waals surface area contributed by atoms with Crippen LogP contribution in [0.1, 0.15) is 37.3 Å². The molecule has 5 heteroatoms. The van der Waals surface area contributed by atoms with Gasteiger partial charge in [-0.2, -0.15) is 0 Å². The van der Waals surface area contributed by atoms with E-state index in [1.54, 1.807) is 0 Å². The first-order chi connectivity index (χ1) is 9.03.